The lowest BCUT2D eigenvalue weighted by atomic mass is 10.2. The molecule has 0 fully saturated rings. The number of benzene rings is 1. The molecular weight excluding hydrogens is 290 g/mol. The molecule has 20 heavy (non-hydrogen) atoms. The zero-order valence-corrected chi connectivity index (χ0v) is 13.0. The fourth-order valence-corrected chi connectivity index (χ4v) is 2.38. The van der Waals surface area contributed by atoms with Gasteiger partial charge in [0.15, 0.2) is 0 Å². The molecule has 3 nitrogen and oxygen atoms in total. The Kier molecular flexibility index (Phi) is 4.57. The van der Waals surface area contributed by atoms with Crippen molar-refractivity contribution in [3.05, 3.63) is 58.2 Å². The molecule has 2 aromatic rings. The zero-order chi connectivity index (χ0) is 14.7. The van der Waals surface area contributed by atoms with Gasteiger partial charge in [-0.3, -0.25) is 0 Å². The Bertz CT molecular complexity index is 643. The van der Waals surface area contributed by atoms with Gasteiger partial charge in [0.1, 0.15) is 10.8 Å². The van der Waals surface area contributed by atoms with Crippen molar-refractivity contribution in [3.8, 4) is 0 Å². The highest BCUT2D eigenvalue weighted by Crippen LogP contribution is 2.20. The molecule has 0 saturated carbocycles. The standard InChI is InChI=1S/C15H16ClN3S/c1-10-6-7-13(14(17)20)15(18-10)19(2)9-11-4-3-5-12(16)8-11/h3-8H,9H2,1-2H3,(H2,17,20). The molecule has 0 radical (unpaired) electrons. The van der Waals surface area contributed by atoms with E-state index in [9.17, 15) is 0 Å². The number of aromatic nitrogens is 1. The van der Waals surface area contributed by atoms with Crippen LogP contribution in [0.2, 0.25) is 5.02 Å². The van der Waals surface area contributed by atoms with E-state index in [1.165, 1.54) is 0 Å². The first-order valence-corrected chi connectivity index (χ1v) is 6.99. The fraction of sp³-hybridized carbons (Fsp3) is 0.200. The quantitative estimate of drug-likeness (QED) is 0.880. The molecule has 5 heteroatoms. The summed E-state index contributed by atoms with van der Waals surface area (Å²) >= 11 is 11.1. The first-order chi connectivity index (χ1) is 9.47. The number of rotatable bonds is 4. The Hall–Kier alpha value is -1.65. The highest BCUT2D eigenvalue weighted by Gasteiger charge is 2.12. The third-order valence-electron chi connectivity index (χ3n) is 2.95. The van der Waals surface area contributed by atoms with Crippen LogP contribution < -0.4 is 10.6 Å². The van der Waals surface area contributed by atoms with Gasteiger partial charge in [-0.15, -0.1) is 0 Å². The van der Waals surface area contributed by atoms with Gasteiger partial charge in [0.25, 0.3) is 0 Å². The molecule has 0 spiro atoms. The molecular formula is C15H16ClN3S. The minimum absolute atomic E-state index is 0.352. The molecule has 1 aromatic heterocycles. The van der Waals surface area contributed by atoms with Crippen molar-refractivity contribution in [2.75, 3.05) is 11.9 Å². The van der Waals surface area contributed by atoms with Crippen LogP contribution in [-0.2, 0) is 6.54 Å². The maximum Gasteiger partial charge on any atom is 0.139 e. The van der Waals surface area contributed by atoms with Gasteiger partial charge < -0.3 is 10.6 Å². The average Bonchev–Trinajstić information content (AvgIpc) is 2.38. The maximum atomic E-state index is 6.01. The number of thiocarbonyl (C=S) groups is 1. The first kappa shape index (κ1) is 14.8. The molecule has 0 amide bonds. The molecule has 0 aliphatic carbocycles. The van der Waals surface area contributed by atoms with Crippen LogP contribution in [0.5, 0.6) is 0 Å². The van der Waals surface area contributed by atoms with Crippen molar-refractivity contribution in [2.45, 2.75) is 13.5 Å². The summed E-state index contributed by atoms with van der Waals surface area (Å²) in [4.78, 5) is 6.91. The Balaban J connectivity index is 2.31. The van der Waals surface area contributed by atoms with Crippen molar-refractivity contribution in [1.82, 2.24) is 4.98 Å². The second-order valence-corrected chi connectivity index (χ2v) is 5.55. The lowest BCUT2D eigenvalue weighted by molar-refractivity contribution is 0.890. The van der Waals surface area contributed by atoms with E-state index in [0.29, 0.717) is 11.5 Å². The van der Waals surface area contributed by atoms with E-state index in [1.54, 1.807) is 0 Å². The number of anilines is 1. The molecule has 104 valence electrons. The Labute approximate surface area is 129 Å². The highest BCUT2D eigenvalue weighted by molar-refractivity contribution is 7.80. The van der Waals surface area contributed by atoms with Gasteiger partial charge in [0, 0.05) is 24.3 Å². The summed E-state index contributed by atoms with van der Waals surface area (Å²) in [5.41, 5.74) is 8.59. The van der Waals surface area contributed by atoms with Crippen molar-refractivity contribution in [1.29, 1.82) is 0 Å². The van der Waals surface area contributed by atoms with Gasteiger partial charge in [-0.1, -0.05) is 36.0 Å². The number of halogens is 1. The first-order valence-electron chi connectivity index (χ1n) is 6.20. The molecule has 0 saturated heterocycles. The summed E-state index contributed by atoms with van der Waals surface area (Å²) in [6, 6.07) is 11.6. The van der Waals surface area contributed by atoms with Gasteiger partial charge >= 0.3 is 0 Å². The van der Waals surface area contributed by atoms with Crippen molar-refractivity contribution in [3.63, 3.8) is 0 Å². The lowest BCUT2D eigenvalue weighted by Crippen LogP contribution is -2.23. The summed E-state index contributed by atoms with van der Waals surface area (Å²) in [5.74, 6) is 0.789. The van der Waals surface area contributed by atoms with E-state index < -0.39 is 0 Å². The highest BCUT2D eigenvalue weighted by atomic mass is 35.5. The number of hydrogen-bond acceptors (Lipinski definition) is 3. The minimum Gasteiger partial charge on any atom is -0.389 e. The van der Waals surface area contributed by atoms with E-state index in [1.807, 2.05) is 55.3 Å². The molecule has 0 aliphatic heterocycles. The van der Waals surface area contributed by atoms with E-state index in [2.05, 4.69) is 4.98 Å². The number of hydrogen-bond donors (Lipinski definition) is 1. The second-order valence-electron chi connectivity index (χ2n) is 4.67. The Morgan fingerprint density at radius 2 is 2.10 bits per heavy atom. The van der Waals surface area contributed by atoms with Crippen molar-refractivity contribution in [2.24, 2.45) is 5.73 Å². The van der Waals surface area contributed by atoms with Crippen LogP contribution in [0.1, 0.15) is 16.8 Å². The number of nitrogens with zero attached hydrogens (tertiary/aromatic N) is 2. The number of pyridine rings is 1. The van der Waals surface area contributed by atoms with Gasteiger partial charge in [-0.05, 0) is 36.8 Å². The van der Waals surface area contributed by atoms with Crippen LogP contribution >= 0.6 is 23.8 Å². The predicted molar refractivity (Wildman–Crippen MR) is 88.4 cm³/mol. The fourth-order valence-electron chi connectivity index (χ4n) is 2.01. The average molecular weight is 306 g/mol. The molecule has 2 N–H and O–H groups in total. The maximum absolute atomic E-state index is 6.01. The summed E-state index contributed by atoms with van der Waals surface area (Å²) < 4.78 is 0. The summed E-state index contributed by atoms with van der Waals surface area (Å²) in [5, 5.41) is 0.725. The lowest BCUT2D eigenvalue weighted by Gasteiger charge is -2.21. The van der Waals surface area contributed by atoms with Gasteiger partial charge in [0.05, 0.1) is 5.56 Å². The van der Waals surface area contributed by atoms with Gasteiger partial charge in [0.2, 0.25) is 0 Å². The summed E-state index contributed by atoms with van der Waals surface area (Å²) in [6.45, 7) is 2.63. The Morgan fingerprint density at radius 1 is 1.35 bits per heavy atom. The SMILES string of the molecule is Cc1ccc(C(N)=S)c(N(C)Cc2cccc(Cl)c2)n1. The monoisotopic (exact) mass is 305 g/mol. The van der Waals surface area contributed by atoms with Crippen LogP contribution in [-0.4, -0.2) is 17.0 Å². The molecule has 0 bridgehead atoms. The second kappa shape index (κ2) is 6.20. The van der Waals surface area contributed by atoms with Gasteiger partial charge in [-0.25, -0.2) is 4.98 Å². The van der Waals surface area contributed by atoms with Crippen LogP contribution in [0.4, 0.5) is 5.82 Å². The smallest absolute Gasteiger partial charge is 0.139 e. The number of nitrogens with two attached hydrogens (primary N) is 1. The third-order valence-corrected chi connectivity index (χ3v) is 3.41. The van der Waals surface area contributed by atoms with E-state index >= 15 is 0 Å². The molecule has 0 unspecified atom stereocenters. The van der Waals surface area contributed by atoms with Gasteiger partial charge in [-0.2, -0.15) is 0 Å². The Morgan fingerprint density at radius 3 is 2.75 bits per heavy atom. The zero-order valence-electron chi connectivity index (χ0n) is 11.4. The minimum atomic E-state index is 0.352. The number of aryl methyl sites for hydroxylation is 1. The molecule has 2 rings (SSSR count). The van der Waals surface area contributed by atoms with Crippen LogP contribution in [0, 0.1) is 6.92 Å². The molecule has 0 atom stereocenters. The molecule has 0 aliphatic rings. The third kappa shape index (κ3) is 3.46. The normalized spacial score (nSPS) is 10.3. The van der Waals surface area contributed by atoms with E-state index in [4.69, 9.17) is 29.6 Å². The largest absolute Gasteiger partial charge is 0.389 e. The van der Waals surface area contributed by atoms with Crippen molar-refractivity contribution < 1.29 is 0 Å². The van der Waals surface area contributed by atoms with E-state index in [0.717, 1.165) is 27.7 Å². The van der Waals surface area contributed by atoms with Crippen LogP contribution in [0.15, 0.2) is 36.4 Å². The topological polar surface area (TPSA) is 42.1 Å². The van der Waals surface area contributed by atoms with Crippen molar-refractivity contribution >= 4 is 34.6 Å². The van der Waals surface area contributed by atoms with Crippen LogP contribution in [0.3, 0.4) is 0 Å². The molecule has 1 aromatic carbocycles. The van der Waals surface area contributed by atoms with Crippen LogP contribution in [0.25, 0.3) is 0 Å². The van der Waals surface area contributed by atoms with E-state index in [-0.39, 0.29) is 0 Å². The molecule has 1 heterocycles. The summed E-state index contributed by atoms with van der Waals surface area (Å²) in [6.07, 6.45) is 0. The predicted octanol–water partition coefficient (Wildman–Crippen LogP) is 3.31. The summed E-state index contributed by atoms with van der Waals surface area (Å²) in [7, 11) is 1.96.